The van der Waals surface area contributed by atoms with Crippen LogP contribution in [0.3, 0.4) is 0 Å². The number of rotatable bonds is 4. The van der Waals surface area contributed by atoms with Crippen LogP contribution in [0.15, 0.2) is 12.2 Å². The molecule has 1 fully saturated rings. The van der Waals surface area contributed by atoms with E-state index in [2.05, 4.69) is 13.5 Å². The fourth-order valence-electron chi connectivity index (χ4n) is 2.11. The number of carbonyl (C=O) groups is 1. The van der Waals surface area contributed by atoms with E-state index < -0.39 is 5.60 Å². The van der Waals surface area contributed by atoms with Crippen LogP contribution in [0, 0.1) is 0 Å². The molecule has 0 aliphatic carbocycles. The molecule has 0 saturated carbocycles. The van der Waals surface area contributed by atoms with Crippen molar-refractivity contribution in [3.8, 4) is 0 Å². The van der Waals surface area contributed by atoms with E-state index in [1.54, 1.807) is 4.90 Å². The molecule has 0 aromatic rings. The van der Waals surface area contributed by atoms with Gasteiger partial charge in [-0.15, -0.1) is 0 Å². The zero-order valence-corrected chi connectivity index (χ0v) is 12.9. The standard InChI is InChI=1S/C15H27NO3/c1-7-15(18-10-12(2)3)8-9-16(11-15)13(17)19-14(4,5)6/h2,7-11H2,1,3-6H3. The first-order valence-electron chi connectivity index (χ1n) is 6.94. The smallest absolute Gasteiger partial charge is 0.410 e. The summed E-state index contributed by atoms with van der Waals surface area (Å²) in [6.45, 7) is 15.4. The molecule has 1 atom stereocenters. The molecule has 0 bridgehead atoms. The number of carbonyl (C=O) groups excluding carboxylic acids is 1. The number of nitrogens with zero attached hydrogens (tertiary/aromatic N) is 1. The van der Waals surface area contributed by atoms with Gasteiger partial charge in [-0.2, -0.15) is 0 Å². The predicted octanol–water partition coefficient (Wildman–Crippen LogP) is 3.37. The Balaban J connectivity index is 2.59. The number of ether oxygens (including phenoxy) is 2. The maximum atomic E-state index is 12.0. The summed E-state index contributed by atoms with van der Waals surface area (Å²) in [5.74, 6) is 0. The van der Waals surface area contributed by atoms with Crippen LogP contribution in [0.2, 0.25) is 0 Å². The van der Waals surface area contributed by atoms with Gasteiger partial charge in [-0.25, -0.2) is 4.79 Å². The second kappa shape index (κ2) is 5.95. The first-order valence-corrected chi connectivity index (χ1v) is 6.94. The van der Waals surface area contributed by atoms with E-state index in [-0.39, 0.29) is 11.7 Å². The highest BCUT2D eigenvalue weighted by atomic mass is 16.6. The fourth-order valence-corrected chi connectivity index (χ4v) is 2.11. The summed E-state index contributed by atoms with van der Waals surface area (Å²) < 4.78 is 11.4. The average Bonchev–Trinajstić information content (AvgIpc) is 2.69. The Hall–Kier alpha value is -1.03. The van der Waals surface area contributed by atoms with Gasteiger partial charge in [0.2, 0.25) is 0 Å². The largest absolute Gasteiger partial charge is 0.444 e. The molecule has 0 aromatic carbocycles. The minimum Gasteiger partial charge on any atom is -0.444 e. The van der Waals surface area contributed by atoms with Gasteiger partial charge in [0.15, 0.2) is 0 Å². The summed E-state index contributed by atoms with van der Waals surface area (Å²) >= 11 is 0. The van der Waals surface area contributed by atoms with Crippen molar-refractivity contribution in [2.45, 2.75) is 58.7 Å². The van der Waals surface area contributed by atoms with Crippen molar-refractivity contribution < 1.29 is 14.3 Å². The summed E-state index contributed by atoms with van der Waals surface area (Å²) in [6, 6.07) is 0. The minimum atomic E-state index is -0.451. The molecular weight excluding hydrogens is 242 g/mol. The van der Waals surface area contributed by atoms with Crippen molar-refractivity contribution in [3.63, 3.8) is 0 Å². The quantitative estimate of drug-likeness (QED) is 0.734. The second-order valence-corrected chi connectivity index (χ2v) is 6.43. The van der Waals surface area contributed by atoms with E-state index in [0.29, 0.717) is 19.7 Å². The molecule has 0 radical (unpaired) electrons. The number of hydrogen-bond acceptors (Lipinski definition) is 3. The number of hydrogen-bond donors (Lipinski definition) is 0. The second-order valence-electron chi connectivity index (χ2n) is 6.43. The number of likely N-dealkylation sites (tertiary alicyclic amines) is 1. The SMILES string of the molecule is C=C(C)COC1(CC)CCN(C(=O)OC(C)(C)C)C1. The molecule has 0 aromatic heterocycles. The summed E-state index contributed by atoms with van der Waals surface area (Å²) in [5.41, 5.74) is 0.312. The van der Waals surface area contributed by atoms with Gasteiger partial charge in [-0.3, -0.25) is 0 Å². The highest BCUT2D eigenvalue weighted by molar-refractivity contribution is 5.68. The van der Waals surface area contributed by atoms with Crippen LogP contribution < -0.4 is 0 Å². The molecule has 1 rings (SSSR count). The first kappa shape index (κ1) is 16.0. The van der Waals surface area contributed by atoms with Gasteiger partial charge >= 0.3 is 6.09 Å². The third-order valence-corrected chi connectivity index (χ3v) is 3.24. The third-order valence-electron chi connectivity index (χ3n) is 3.24. The molecule has 1 aliphatic rings. The van der Waals surface area contributed by atoms with Gasteiger partial charge in [-0.05, 0) is 40.5 Å². The Labute approximate surface area is 116 Å². The normalized spacial score (nSPS) is 23.5. The molecule has 0 N–H and O–H groups in total. The molecule has 0 spiro atoms. The van der Waals surface area contributed by atoms with Crippen molar-refractivity contribution in [2.24, 2.45) is 0 Å². The predicted molar refractivity (Wildman–Crippen MR) is 76.2 cm³/mol. The summed E-state index contributed by atoms with van der Waals surface area (Å²) in [7, 11) is 0. The summed E-state index contributed by atoms with van der Waals surface area (Å²) in [4.78, 5) is 13.8. The van der Waals surface area contributed by atoms with Gasteiger partial charge in [0, 0.05) is 6.54 Å². The molecule has 1 heterocycles. The lowest BCUT2D eigenvalue weighted by atomic mass is 10.00. The van der Waals surface area contributed by atoms with Gasteiger partial charge in [-0.1, -0.05) is 19.1 Å². The highest BCUT2D eigenvalue weighted by Crippen LogP contribution is 2.30. The van der Waals surface area contributed by atoms with Crippen molar-refractivity contribution in [3.05, 3.63) is 12.2 Å². The lowest BCUT2D eigenvalue weighted by Crippen LogP contribution is -2.40. The zero-order chi connectivity index (χ0) is 14.7. The van der Waals surface area contributed by atoms with Crippen LogP contribution in [0.4, 0.5) is 4.79 Å². The molecule has 1 aliphatic heterocycles. The van der Waals surface area contributed by atoms with Gasteiger partial charge in [0.05, 0.1) is 18.8 Å². The Morgan fingerprint density at radius 1 is 1.42 bits per heavy atom. The van der Waals surface area contributed by atoms with Crippen LogP contribution in [-0.4, -0.2) is 41.9 Å². The van der Waals surface area contributed by atoms with E-state index in [1.807, 2.05) is 27.7 Å². The van der Waals surface area contributed by atoms with E-state index in [0.717, 1.165) is 18.4 Å². The molecule has 19 heavy (non-hydrogen) atoms. The van der Waals surface area contributed by atoms with Crippen molar-refractivity contribution >= 4 is 6.09 Å². The van der Waals surface area contributed by atoms with Crippen molar-refractivity contribution in [1.82, 2.24) is 4.90 Å². The van der Waals surface area contributed by atoms with Gasteiger partial charge in [0.1, 0.15) is 5.60 Å². The fraction of sp³-hybridized carbons (Fsp3) is 0.800. The third kappa shape index (κ3) is 4.86. The lowest BCUT2D eigenvalue weighted by Gasteiger charge is -2.29. The van der Waals surface area contributed by atoms with Crippen LogP contribution >= 0.6 is 0 Å². The van der Waals surface area contributed by atoms with Gasteiger partial charge in [0.25, 0.3) is 0 Å². The topological polar surface area (TPSA) is 38.8 Å². The lowest BCUT2D eigenvalue weighted by molar-refractivity contribution is -0.0318. The Bertz CT molecular complexity index is 346. The molecule has 4 heteroatoms. The van der Waals surface area contributed by atoms with Crippen molar-refractivity contribution in [1.29, 1.82) is 0 Å². The molecule has 4 nitrogen and oxygen atoms in total. The average molecular weight is 269 g/mol. The number of amides is 1. The molecule has 1 saturated heterocycles. The van der Waals surface area contributed by atoms with Crippen LogP contribution in [0.1, 0.15) is 47.5 Å². The summed E-state index contributed by atoms with van der Waals surface area (Å²) in [6.07, 6.45) is 1.50. The van der Waals surface area contributed by atoms with E-state index >= 15 is 0 Å². The molecule has 110 valence electrons. The Morgan fingerprint density at radius 2 is 2.05 bits per heavy atom. The van der Waals surface area contributed by atoms with Crippen LogP contribution in [-0.2, 0) is 9.47 Å². The maximum absolute atomic E-state index is 12.0. The maximum Gasteiger partial charge on any atom is 0.410 e. The Kier molecular flexibility index (Phi) is 5.02. The van der Waals surface area contributed by atoms with E-state index in [4.69, 9.17) is 9.47 Å². The van der Waals surface area contributed by atoms with Crippen molar-refractivity contribution in [2.75, 3.05) is 19.7 Å². The van der Waals surface area contributed by atoms with E-state index in [9.17, 15) is 4.79 Å². The van der Waals surface area contributed by atoms with Crippen LogP contribution in [0.5, 0.6) is 0 Å². The highest BCUT2D eigenvalue weighted by Gasteiger charge is 2.40. The van der Waals surface area contributed by atoms with E-state index in [1.165, 1.54) is 0 Å². The zero-order valence-electron chi connectivity index (χ0n) is 12.9. The summed E-state index contributed by atoms with van der Waals surface area (Å²) in [5, 5.41) is 0. The van der Waals surface area contributed by atoms with Crippen LogP contribution in [0.25, 0.3) is 0 Å². The molecular formula is C15H27NO3. The molecule has 1 amide bonds. The Morgan fingerprint density at radius 3 is 2.53 bits per heavy atom. The first-order chi connectivity index (χ1) is 8.67. The minimum absolute atomic E-state index is 0.240. The molecule has 1 unspecified atom stereocenters. The monoisotopic (exact) mass is 269 g/mol. The van der Waals surface area contributed by atoms with Gasteiger partial charge < -0.3 is 14.4 Å².